The maximum Gasteiger partial charge on any atom is 0.261 e. The van der Waals surface area contributed by atoms with Gasteiger partial charge in [0.05, 0.1) is 4.88 Å². The lowest BCUT2D eigenvalue weighted by Gasteiger charge is -2.32. The largest absolute Gasteiger partial charge is 0.347 e. The first kappa shape index (κ1) is 13.1. The molecule has 0 aliphatic carbocycles. The third-order valence-electron chi connectivity index (χ3n) is 3.70. The number of nitrogens with one attached hydrogen (secondary N) is 2. The highest BCUT2D eigenvalue weighted by Gasteiger charge is 2.45. The van der Waals surface area contributed by atoms with Crippen molar-refractivity contribution in [2.24, 2.45) is 0 Å². The van der Waals surface area contributed by atoms with Crippen molar-refractivity contribution in [3.05, 3.63) is 22.4 Å². The first-order valence-corrected chi connectivity index (χ1v) is 7.39. The summed E-state index contributed by atoms with van der Waals surface area (Å²) in [5.41, 5.74) is 0. The molecule has 2 aliphatic rings. The lowest BCUT2D eigenvalue weighted by Crippen LogP contribution is -2.60. The van der Waals surface area contributed by atoms with Crippen molar-refractivity contribution in [1.29, 1.82) is 0 Å². The zero-order chi connectivity index (χ0) is 14.3. The van der Waals surface area contributed by atoms with E-state index in [4.69, 9.17) is 0 Å². The van der Waals surface area contributed by atoms with Crippen molar-refractivity contribution in [2.75, 3.05) is 6.54 Å². The Labute approximate surface area is 120 Å². The summed E-state index contributed by atoms with van der Waals surface area (Å²) in [4.78, 5) is 38.1. The Hall–Kier alpha value is -1.89. The number of piperazine rings is 1. The van der Waals surface area contributed by atoms with E-state index in [0.717, 1.165) is 0 Å². The van der Waals surface area contributed by atoms with Crippen LogP contribution >= 0.6 is 11.3 Å². The summed E-state index contributed by atoms with van der Waals surface area (Å²) < 4.78 is 0. The molecule has 3 amide bonds. The van der Waals surface area contributed by atoms with Crippen molar-refractivity contribution in [2.45, 2.75) is 31.5 Å². The van der Waals surface area contributed by atoms with Crippen LogP contribution in [-0.4, -0.2) is 47.3 Å². The molecule has 0 radical (unpaired) electrons. The number of hydrogen-bond acceptors (Lipinski definition) is 4. The van der Waals surface area contributed by atoms with E-state index in [1.54, 1.807) is 17.9 Å². The molecule has 2 saturated heterocycles. The molecular formula is C13H15N3O3S. The van der Waals surface area contributed by atoms with Gasteiger partial charge < -0.3 is 15.5 Å². The Kier molecular flexibility index (Phi) is 3.21. The van der Waals surface area contributed by atoms with E-state index < -0.39 is 12.1 Å². The Balaban J connectivity index is 1.68. The van der Waals surface area contributed by atoms with Crippen LogP contribution in [0.15, 0.2) is 17.5 Å². The van der Waals surface area contributed by atoms with Crippen LogP contribution in [0.3, 0.4) is 0 Å². The van der Waals surface area contributed by atoms with Crippen LogP contribution in [0.2, 0.25) is 0 Å². The van der Waals surface area contributed by atoms with E-state index in [-0.39, 0.29) is 23.8 Å². The minimum absolute atomic E-state index is 0.0810. The van der Waals surface area contributed by atoms with E-state index >= 15 is 0 Å². The van der Waals surface area contributed by atoms with Crippen molar-refractivity contribution < 1.29 is 14.4 Å². The highest BCUT2D eigenvalue weighted by atomic mass is 32.1. The second-order valence-corrected chi connectivity index (χ2v) is 6.07. The van der Waals surface area contributed by atoms with Gasteiger partial charge in [0.15, 0.2) is 0 Å². The summed E-state index contributed by atoms with van der Waals surface area (Å²) in [5.74, 6) is -0.363. The molecule has 0 bridgehead atoms. The number of fused-ring (bicyclic) bond motifs is 1. The third kappa shape index (κ3) is 2.18. The number of thiophene rings is 1. The monoisotopic (exact) mass is 293 g/mol. The first-order valence-electron chi connectivity index (χ1n) is 6.51. The van der Waals surface area contributed by atoms with Gasteiger partial charge in [0.1, 0.15) is 12.1 Å². The minimum atomic E-state index is -0.481. The van der Waals surface area contributed by atoms with Crippen molar-refractivity contribution in [3.63, 3.8) is 0 Å². The summed E-state index contributed by atoms with van der Waals surface area (Å²) in [6.07, 6.45) is 0.474. The normalized spacial score (nSPS) is 29.1. The predicted molar refractivity (Wildman–Crippen MR) is 73.3 cm³/mol. The second kappa shape index (κ2) is 4.90. The lowest BCUT2D eigenvalue weighted by molar-refractivity contribution is -0.146. The number of amides is 3. The number of carbonyl (C=O) groups is 3. The van der Waals surface area contributed by atoms with Gasteiger partial charge in [-0.05, 0) is 24.8 Å². The quantitative estimate of drug-likeness (QED) is 0.803. The number of rotatable bonds is 2. The summed E-state index contributed by atoms with van der Waals surface area (Å²) in [7, 11) is 0. The molecule has 3 rings (SSSR count). The molecule has 7 heteroatoms. The van der Waals surface area contributed by atoms with E-state index in [9.17, 15) is 14.4 Å². The van der Waals surface area contributed by atoms with Gasteiger partial charge in [0.2, 0.25) is 11.8 Å². The Bertz CT molecular complexity index is 557. The molecule has 1 aromatic rings. The van der Waals surface area contributed by atoms with Crippen LogP contribution in [0.1, 0.15) is 23.0 Å². The zero-order valence-electron chi connectivity index (χ0n) is 11.0. The molecule has 3 heterocycles. The van der Waals surface area contributed by atoms with E-state index in [1.165, 1.54) is 11.3 Å². The fourth-order valence-electron chi connectivity index (χ4n) is 2.72. The molecule has 2 N–H and O–H groups in total. The SMILES string of the molecule is C[C@H]1NC(=O)[C@@H]2C[C@H](NC(=O)c3cccs3)CN2C1=O. The van der Waals surface area contributed by atoms with Gasteiger partial charge >= 0.3 is 0 Å². The van der Waals surface area contributed by atoms with Crippen LogP contribution in [0.4, 0.5) is 0 Å². The Morgan fingerprint density at radius 1 is 1.50 bits per heavy atom. The molecule has 6 nitrogen and oxygen atoms in total. The smallest absolute Gasteiger partial charge is 0.261 e. The number of hydrogen-bond donors (Lipinski definition) is 2. The molecule has 20 heavy (non-hydrogen) atoms. The average molecular weight is 293 g/mol. The highest BCUT2D eigenvalue weighted by Crippen LogP contribution is 2.23. The fraction of sp³-hybridized carbons (Fsp3) is 0.462. The fourth-order valence-corrected chi connectivity index (χ4v) is 3.34. The molecule has 2 fully saturated rings. The molecule has 0 aromatic carbocycles. The van der Waals surface area contributed by atoms with E-state index in [2.05, 4.69) is 10.6 Å². The number of nitrogens with zero attached hydrogens (tertiary/aromatic N) is 1. The maximum atomic E-state index is 12.0. The van der Waals surface area contributed by atoms with Crippen molar-refractivity contribution in [3.8, 4) is 0 Å². The summed E-state index contributed by atoms with van der Waals surface area (Å²) in [6.45, 7) is 2.08. The van der Waals surface area contributed by atoms with E-state index in [0.29, 0.717) is 17.8 Å². The van der Waals surface area contributed by atoms with Gasteiger partial charge in [-0.3, -0.25) is 14.4 Å². The predicted octanol–water partition coefficient (Wildman–Crippen LogP) is -0.0343. The van der Waals surface area contributed by atoms with Crippen LogP contribution in [0, 0.1) is 0 Å². The van der Waals surface area contributed by atoms with Crippen LogP contribution in [0.25, 0.3) is 0 Å². The molecule has 106 valence electrons. The van der Waals surface area contributed by atoms with Crippen molar-refractivity contribution in [1.82, 2.24) is 15.5 Å². The van der Waals surface area contributed by atoms with Gasteiger partial charge in [-0.1, -0.05) is 6.07 Å². The topological polar surface area (TPSA) is 78.5 Å². The molecule has 3 atom stereocenters. The van der Waals surface area contributed by atoms with Crippen LogP contribution < -0.4 is 10.6 Å². The van der Waals surface area contributed by atoms with Gasteiger partial charge in [-0.15, -0.1) is 11.3 Å². The second-order valence-electron chi connectivity index (χ2n) is 5.12. The molecule has 0 spiro atoms. The van der Waals surface area contributed by atoms with Crippen LogP contribution in [-0.2, 0) is 9.59 Å². The van der Waals surface area contributed by atoms with Gasteiger partial charge in [-0.2, -0.15) is 0 Å². The molecule has 1 aromatic heterocycles. The first-order chi connectivity index (χ1) is 9.56. The standard InChI is InChI=1S/C13H15N3O3S/c1-7-13(19)16-6-8(5-9(16)11(17)14-7)15-12(18)10-3-2-4-20-10/h2-4,7-9H,5-6H2,1H3,(H,14,17)(H,15,18)/t7-,8+,9+/m1/s1. The third-order valence-corrected chi connectivity index (χ3v) is 4.56. The van der Waals surface area contributed by atoms with Gasteiger partial charge in [-0.25, -0.2) is 0 Å². The zero-order valence-corrected chi connectivity index (χ0v) is 11.8. The Morgan fingerprint density at radius 2 is 2.30 bits per heavy atom. The van der Waals surface area contributed by atoms with Gasteiger partial charge in [0.25, 0.3) is 5.91 Å². The molecule has 2 aliphatic heterocycles. The lowest BCUT2D eigenvalue weighted by atomic mass is 10.1. The summed E-state index contributed by atoms with van der Waals surface area (Å²) >= 11 is 1.37. The minimum Gasteiger partial charge on any atom is -0.347 e. The Morgan fingerprint density at radius 3 is 3.00 bits per heavy atom. The highest BCUT2D eigenvalue weighted by molar-refractivity contribution is 7.12. The summed E-state index contributed by atoms with van der Waals surface area (Å²) in [6, 6.07) is 2.46. The average Bonchev–Trinajstić information content (AvgIpc) is 3.05. The van der Waals surface area contributed by atoms with Crippen molar-refractivity contribution >= 4 is 29.1 Å². The van der Waals surface area contributed by atoms with E-state index in [1.807, 2.05) is 11.4 Å². The summed E-state index contributed by atoms with van der Waals surface area (Å²) in [5, 5.41) is 7.39. The molecule has 0 saturated carbocycles. The maximum absolute atomic E-state index is 12.0. The molecular weight excluding hydrogens is 278 g/mol. The van der Waals surface area contributed by atoms with Gasteiger partial charge in [0, 0.05) is 12.6 Å². The number of carbonyl (C=O) groups excluding carboxylic acids is 3. The van der Waals surface area contributed by atoms with Crippen LogP contribution in [0.5, 0.6) is 0 Å². The molecule has 0 unspecified atom stereocenters.